The molecule has 0 saturated carbocycles. The van der Waals surface area contributed by atoms with Crippen molar-refractivity contribution in [3.05, 3.63) is 69.7 Å². The average molecular weight is 455 g/mol. The molecule has 4 rings (SSSR count). The number of tetrazole rings is 1. The van der Waals surface area contributed by atoms with E-state index in [1.165, 1.54) is 11.3 Å². The summed E-state index contributed by atoms with van der Waals surface area (Å²) in [6.45, 7) is 1.96. The number of aromatic nitrogens is 7. The number of benzene rings is 1. The maximum absolute atomic E-state index is 14.0. The maximum Gasteiger partial charge on any atom is 0.292 e. The number of hydrogen-bond acceptors (Lipinski definition) is 8. The summed E-state index contributed by atoms with van der Waals surface area (Å²) >= 11 is 1.29. The lowest BCUT2D eigenvalue weighted by molar-refractivity contribution is 0.0936. The summed E-state index contributed by atoms with van der Waals surface area (Å²) in [6.07, 6.45) is 3.46. The number of carbonyl (C=O) groups is 1. The molecule has 0 aliphatic rings. The molecule has 0 aliphatic heterocycles. The lowest BCUT2D eigenvalue weighted by Gasteiger charge is -2.26. The van der Waals surface area contributed by atoms with Crippen molar-refractivity contribution in [2.45, 2.75) is 12.3 Å². The molecule has 162 valence electrons. The standard InChI is InChI=1S/C19H15F2N9OS/c1-19(11-7-24-29(2)8-11,18-25-13(6-22)9-32-18)10-23-17(31)16-26-28-30(27-16)15-4-3-12(20)5-14(15)21/h3-5,7-9H,10H2,1-2H3,(H,23,31). The van der Waals surface area contributed by atoms with E-state index in [0.29, 0.717) is 11.1 Å². The zero-order chi connectivity index (χ0) is 22.9. The number of rotatable bonds is 6. The monoisotopic (exact) mass is 455 g/mol. The van der Waals surface area contributed by atoms with Crippen LogP contribution in [0.1, 0.15) is 33.8 Å². The third kappa shape index (κ3) is 3.95. The molecule has 1 N–H and O–H groups in total. The van der Waals surface area contributed by atoms with Crippen molar-refractivity contribution in [1.29, 1.82) is 5.26 Å². The van der Waals surface area contributed by atoms with Crippen LogP contribution in [0.15, 0.2) is 36.0 Å². The van der Waals surface area contributed by atoms with E-state index in [-0.39, 0.29) is 23.8 Å². The Balaban J connectivity index is 1.57. The first-order chi connectivity index (χ1) is 15.3. The summed E-state index contributed by atoms with van der Waals surface area (Å²) in [4.78, 5) is 17.8. The molecule has 1 atom stereocenters. The van der Waals surface area contributed by atoms with E-state index >= 15 is 0 Å². The Morgan fingerprint density at radius 1 is 1.38 bits per heavy atom. The summed E-state index contributed by atoms with van der Waals surface area (Å²) in [5.41, 5.74) is 0.120. The summed E-state index contributed by atoms with van der Waals surface area (Å²) < 4.78 is 28.7. The van der Waals surface area contributed by atoms with E-state index in [4.69, 9.17) is 5.26 Å². The minimum Gasteiger partial charge on any atom is -0.348 e. The van der Waals surface area contributed by atoms with Gasteiger partial charge in [-0.15, -0.1) is 26.3 Å². The lowest BCUT2D eigenvalue weighted by Crippen LogP contribution is -2.39. The fraction of sp³-hybridized carbons (Fsp3) is 0.211. The molecule has 0 radical (unpaired) electrons. The van der Waals surface area contributed by atoms with Gasteiger partial charge >= 0.3 is 0 Å². The van der Waals surface area contributed by atoms with Crippen LogP contribution in [0.25, 0.3) is 5.69 Å². The fourth-order valence-corrected chi connectivity index (χ4v) is 3.90. The van der Waals surface area contributed by atoms with Crippen molar-refractivity contribution in [1.82, 2.24) is 40.3 Å². The molecule has 3 heterocycles. The normalized spacial score (nSPS) is 12.8. The second-order valence-corrected chi connectivity index (χ2v) is 7.92. The van der Waals surface area contributed by atoms with Crippen LogP contribution in [0, 0.1) is 23.0 Å². The number of nitrogens with zero attached hydrogens (tertiary/aromatic N) is 8. The van der Waals surface area contributed by atoms with Gasteiger partial charge in [-0.25, -0.2) is 13.8 Å². The number of hydrogen-bond donors (Lipinski definition) is 1. The third-order valence-electron chi connectivity index (χ3n) is 4.78. The molecule has 10 nitrogen and oxygen atoms in total. The van der Waals surface area contributed by atoms with Crippen LogP contribution in [0.3, 0.4) is 0 Å². The largest absolute Gasteiger partial charge is 0.348 e. The van der Waals surface area contributed by atoms with Crippen LogP contribution < -0.4 is 5.32 Å². The molecule has 0 fully saturated rings. The highest BCUT2D eigenvalue weighted by Gasteiger charge is 2.34. The van der Waals surface area contributed by atoms with Gasteiger partial charge in [-0.3, -0.25) is 9.48 Å². The lowest BCUT2D eigenvalue weighted by atomic mass is 9.85. The SMILES string of the molecule is Cn1cc(C(C)(CNC(=O)c2nnn(-c3ccc(F)cc3F)n2)c2nc(C#N)cs2)cn1. The molecule has 13 heteroatoms. The highest BCUT2D eigenvalue weighted by molar-refractivity contribution is 7.09. The number of nitrogens with one attached hydrogen (secondary N) is 1. The second kappa shape index (κ2) is 8.23. The Morgan fingerprint density at radius 2 is 2.19 bits per heavy atom. The Labute approximate surface area is 184 Å². The van der Waals surface area contributed by atoms with Crippen molar-refractivity contribution in [3.63, 3.8) is 0 Å². The average Bonchev–Trinajstić information content (AvgIpc) is 3.52. The Hall–Kier alpha value is -4.05. The highest BCUT2D eigenvalue weighted by Crippen LogP contribution is 2.33. The van der Waals surface area contributed by atoms with Crippen LogP contribution in [-0.2, 0) is 12.5 Å². The van der Waals surface area contributed by atoms with Crippen molar-refractivity contribution in [3.8, 4) is 11.8 Å². The first-order valence-electron chi connectivity index (χ1n) is 9.19. The molecule has 4 aromatic rings. The van der Waals surface area contributed by atoms with Crippen LogP contribution in [-0.4, -0.2) is 47.4 Å². The predicted octanol–water partition coefficient (Wildman–Crippen LogP) is 1.74. The molecule has 1 aromatic carbocycles. The fourth-order valence-electron chi connectivity index (χ4n) is 2.97. The van der Waals surface area contributed by atoms with Crippen molar-refractivity contribution < 1.29 is 13.6 Å². The van der Waals surface area contributed by atoms with Crippen molar-refractivity contribution >= 4 is 17.2 Å². The van der Waals surface area contributed by atoms with Gasteiger partial charge in [0.2, 0.25) is 0 Å². The van der Waals surface area contributed by atoms with E-state index in [9.17, 15) is 13.6 Å². The number of amides is 1. The molecule has 1 unspecified atom stereocenters. The quantitative estimate of drug-likeness (QED) is 0.469. The van der Waals surface area contributed by atoms with Gasteiger partial charge < -0.3 is 5.32 Å². The Morgan fingerprint density at radius 3 is 2.84 bits per heavy atom. The van der Waals surface area contributed by atoms with Gasteiger partial charge in [0, 0.05) is 36.8 Å². The molecule has 3 aromatic heterocycles. The number of nitriles is 1. The van der Waals surface area contributed by atoms with Gasteiger partial charge in [-0.2, -0.15) is 10.4 Å². The molecule has 32 heavy (non-hydrogen) atoms. The summed E-state index contributed by atoms with van der Waals surface area (Å²) in [5, 5.41) is 29.5. The van der Waals surface area contributed by atoms with Gasteiger partial charge in [-0.1, -0.05) is 0 Å². The van der Waals surface area contributed by atoms with Gasteiger partial charge in [0.05, 0.1) is 11.6 Å². The van der Waals surface area contributed by atoms with Crippen LogP contribution >= 0.6 is 11.3 Å². The van der Waals surface area contributed by atoms with Crippen molar-refractivity contribution in [2.75, 3.05) is 6.54 Å². The molecular weight excluding hydrogens is 440 g/mol. The molecule has 0 bridgehead atoms. The van der Waals surface area contributed by atoms with Gasteiger partial charge in [0.1, 0.15) is 22.6 Å². The van der Waals surface area contributed by atoms with E-state index in [1.807, 2.05) is 13.0 Å². The molecule has 0 spiro atoms. The topological polar surface area (TPSA) is 127 Å². The summed E-state index contributed by atoms with van der Waals surface area (Å²) in [7, 11) is 1.77. The first kappa shape index (κ1) is 21.2. The van der Waals surface area contributed by atoms with Crippen LogP contribution in [0.4, 0.5) is 8.78 Å². The van der Waals surface area contributed by atoms with Crippen LogP contribution in [0.2, 0.25) is 0 Å². The predicted molar refractivity (Wildman–Crippen MR) is 108 cm³/mol. The Bertz CT molecular complexity index is 1340. The maximum atomic E-state index is 14.0. The third-order valence-corrected chi connectivity index (χ3v) is 5.88. The Kier molecular flexibility index (Phi) is 5.45. The first-order valence-corrected chi connectivity index (χ1v) is 10.1. The molecule has 0 saturated heterocycles. The molecular formula is C19H15F2N9OS. The minimum atomic E-state index is -0.893. The second-order valence-electron chi connectivity index (χ2n) is 7.07. The van der Waals surface area contributed by atoms with E-state index in [1.54, 1.807) is 29.5 Å². The summed E-state index contributed by atoms with van der Waals surface area (Å²) in [6, 6.07) is 4.87. The molecule has 1 amide bonds. The number of halogens is 2. The van der Waals surface area contributed by atoms with E-state index < -0.39 is 23.0 Å². The van der Waals surface area contributed by atoms with Gasteiger partial charge in [-0.05, 0) is 24.3 Å². The number of carbonyl (C=O) groups excluding carboxylic acids is 1. The number of aryl methyl sites for hydroxylation is 1. The van der Waals surface area contributed by atoms with Crippen molar-refractivity contribution in [2.24, 2.45) is 7.05 Å². The smallest absolute Gasteiger partial charge is 0.292 e. The highest BCUT2D eigenvalue weighted by atomic mass is 32.1. The zero-order valence-corrected chi connectivity index (χ0v) is 17.6. The van der Waals surface area contributed by atoms with Gasteiger partial charge in [0.25, 0.3) is 11.7 Å². The van der Waals surface area contributed by atoms with E-state index in [0.717, 1.165) is 22.5 Å². The van der Waals surface area contributed by atoms with E-state index in [2.05, 4.69) is 30.8 Å². The van der Waals surface area contributed by atoms with Gasteiger partial charge in [0.15, 0.2) is 11.5 Å². The van der Waals surface area contributed by atoms with Crippen LogP contribution in [0.5, 0.6) is 0 Å². The summed E-state index contributed by atoms with van der Waals surface area (Å²) in [5.74, 6) is -2.58. The zero-order valence-electron chi connectivity index (χ0n) is 16.8. The molecule has 0 aliphatic carbocycles. The number of thiazole rings is 1. The minimum absolute atomic E-state index is 0.0926.